The van der Waals surface area contributed by atoms with Crippen molar-refractivity contribution in [1.29, 1.82) is 0 Å². The molecule has 0 saturated heterocycles. The highest BCUT2D eigenvalue weighted by Gasteiger charge is 2.45. The molecule has 0 aliphatic carbocycles. The van der Waals surface area contributed by atoms with E-state index >= 15 is 4.39 Å². The lowest BCUT2D eigenvalue weighted by Gasteiger charge is -2.31. The fourth-order valence-corrected chi connectivity index (χ4v) is 6.05. The smallest absolute Gasteiger partial charge is 0.343 e. The number of amides is 3. The standard InChI is InChI=1S/C38H44FN5O8/c1-10-37(8,9)52-18-36(6,7)34(48)43-29(19(3)4)32(46)40-20(5)31(45)42-27-13-21-12-22-16-44-28(30(22)41-26(21)15-25(27)39)14-24-23(33(44)47)17-51-35(49)38(24,50)11-2/h1,12-15,19-20,29,50H,11,16-18H2,2-9H3,(H,40,46)(H,42,45)(H,43,48)/t20-,29-,38-/m0/s1. The summed E-state index contributed by atoms with van der Waals surface area (Å²) in [6.07, 6.45) is 5.48. The molecule has 0 fully saturated rings. The number of hydrogen-bond donors (Lipinski definition) is 4. The maximum absolute atomic E-state index is 15.4. The van der Waals surface area contributed by atoms with Crippen LogP contribution in [0.25, 0.3) is 22.3 Å². The van der Waals surface area contributed by atoms with Gasteiger partial charge in [-0.05, 0) is 65.2 Å². The van der Waals surface area contributed by atoms with Crippen molar-refractivity contribution in [2.45, 2.75) is 98.2 Å². The number of cyclic esters (lactones) is 1. The fraction of sp³-hybridized carbons (Fsp3) is 0.474. The van der Waals surface area contributed by atoms with Crippen LogP contribution < -0.4 is 21.5 Å². The minimum atomic E-state index is -1.98. The van der Waals surface area contributed by atoms with Crippen LogP contribution in [0.4, 0.5) is 10.1 Å². The zero-order valence-corrected chi connectivity index (χ0v) is 30.5. The van der Waals surface area contributed by atoms with Gasteiger partial charge in [-0.25, -0.2) is 14.2 Å². The SMILES string of the molecule is C#CC(C)(C)OCC(C)(C)C(=O)N[C@H](C(=O)N[C@@H](C)C(=O)Nc1cc2cc3c(nc2cc1F)-c1cc2c(c(=O)n1C3)COC(=O)[C@]2(O)CC)C(C)C. The van der Waals surface area contributed by atoms with E-state index in [0.29, 0.717) is 22.3 Å². The Morgan fingerprint density at radius 1 is 1.12 bits per heavy atom. The molecule has 5 rings (SSSR count). The summed E-state index contributed by atoms with van der Waals surface area (Å²) < 4.78 is 27.7. The monoisotopic (exact) mass is 717 g/mol. The molecule has 1 aromatic carbocycles. The summed E-state index contributed by atoms with van der Waals surface area (Å²) in [5.41, 5.74) is -2.46. The normalized spacial score (nSPS) is 17.7. The Kier molecular flexibility index (Phi) is 10.1. The third-order valence-electron chi connectivity index (χ3n) is 9.60. The van der Waals surface area contributed by atoms with Crippen LogP contribution in [0, 0.1) is 29.5 Å². The largest absolute Gasteiger partial charge is 0.458 e. The summed E-state index contributed by atoms with van der Waals surface area (Å²) in [7, 11) is 0. The lowest BCUT2D eigenvalue weighted by atomic mass is 9.86. The number of aromatic nitrogens is 2. The van der Waals surface area contributed by atoms with Gasteiger partial charge in [-0.2, -0.15) is 0 Å². The second-order valence-electron chi connectivity index (χ2n) is 14.9. The molecule has 14 heteroatoms. The van der Waals surface area contributed by atoms with E-state index in [9.17, 15) is 29.1 Å². The highest BCUT2D eigenvalue weighted by atomic mass is 19.1. The lowest BCUT2D eigenvalue weighted by Crippen LogP contribution is -2.56. The van der Waals surface area contributed by atoms with Gasteiger partial charge >= 0.3 is 5.97 Å². The van der Waals surface area contributed by atoms with E-state index in [-0.39, 0.29) is 54.4 Å². The van der Waals surface area contributed by atoms with Crippen molar-refractivity contribution in [3.63, 3.8) is 0 Å². The zero-order chi connectivity index (χ0) is 38.5. The number of ether oxygens (including phenoxy) is 2. The molecule has 3 atom stereocenters. The first-order valence-corrected chi connectivity index (χ1v) is 17.1. The summed E-state index contributed by atoms with van der Waals surface area (Å²) in [5.74, 6) is -1.20. The Morgan fingerprint density at radius 2 is 1.81 bits per heavy atom. The predicted octanol–water partition coefficient (Wildman–Crippen LogP) is 3.26. The molecule has 3 amide bonds. The van der Waals surface area contributed by atoms with Gasteiger partial charge in [0.15, 0.2) is 5.60 Å². The fourth-order valence-electron chi connectivity index (χ4n) is 6.05. The first-order chi connectivity index (χ1) is 24.2. The molecule has 0 saturated carbocycles. The summed E-state index contributed by atoms with van der Waals surface area (Å²) >= 11 is 0. The third-order valence-corrected chi connectivity index (χ3v) is 9.60. The molecule has 0 spiro atoms. The number of fused-ring (bicyclic) bond motifs is 5. The van der Waals surface area contributed by atoms with E-state index in [1.807, 2.05) is 0 Å². The van der Waals surface area contributed by atoms with Gasteiger partial charge in [0.05, 0.1) is 46.7 Å². The van der Waals surface area contributed by atoms with Gasteiger partial charge in [-0.15, -0.1) is 6.42 Å². The number of benzene rings is 1. The molecular weight excluding hydrogens is 673 g/mol. The number of carbonyl (C=O) groups is 4. The second-order valence-corrected chi connectivity index (χ2v) is 14.9. The second kappa shape index (κ2) is 13.8. The van der Waals surface area contributed by atoms with E-state index in [1.165, 1.54) is 17.6 Å². The third kappa shape index (κ3) is 7.03. The van der Waals surface area contributed by atoms with Crippen LogP contribution in [0.15, 0.2) is 29.1 Å². The number of nitrogens with one attached hydrogen (secondary N) is 3. The average Bonchev–Trinajstić information content (AvgIpc) is 3.44. The van der Waals surface area contributed by atoms with Crippen molar-refractivity contribution in [1.82, 2.24) is 20.2 Å². The van der Waals surface area contributed by atoms with Crippen LogP contribution in [0.5, 0.6) is 0 Å². The highest BCUT2D eigenvalue weighted by Crippen LogP contribution is 2.39. The molecule has 0 unspecified atom stereocenters. The Balaban J connectivity index is 1.31. The van der Waals surface area contributed by atoms with Crippen LogP contribution in [-0.4, -0.2) is 62.6 Å². The van der Waals surface area contributed by atoms with Gasteiger partial charge in [-0.3, -0.25) is 19.2 Å². The van der Waals surface area contributed by atoms with Crippen LogP contribution in [0.1, 0.15) is 78.5 Å². The Labute approximate surface area is 300 Å². The van der Waals surface area contributed by atoms with Gasteiger partial charge in [0.25, 0.3) is 5.56 Å². The first-order valence-electron chi connectivity index (χ1n) is 17.1. The molecule has 2 aliphatic heterocycles. The van der Waals surface area contributed by atoms with Crippen molar-refractivity contribution < 1.29 is 38.1 Å². The van der Waals surface area contributed by atoms with E-state index in [2.05, 4.69) is 26.9 Å². The molecule has 52 heavy (non-hydrogen) atoms. The van der Waals surface area contributed by atoms with Gasteiger partial charge in [0, 0.05) is 22.6 Å². The van der Waals surface area contributed by atoms with Crippen LogP contribution in [0.2, 0.25) is 0 Å². The number of esters is 1. The topological polar surface area (TPSA) is 178 Å². The molecule has 13 nitrogen and oxygen atoms in total. The molecule has 2 aliphatic rings. The Morgan fingerprint density at radius 3 is 2.44 bits per heavy atom. The molecule has 3 aromatic rings. The van der Waals surface area contributed by atoms with Crippen molar-refractivity contribution in [3.05, 3.63) is 57.1 Å². The van der Waals surface area contributed by atoms with Crippen LogP contribution in [-0.2, 0) is 47.4 Å². The number of nitrogens with zero attached hydrogens (tertiary/aromatic N) is 2. The van der Waals surface area contributed by atoms with E-state index < -0.39 is 63.8 Å². The summed E-state index contributed by atoms with van der Waals surface area (Å²) in [6, 6.07) is 3.75. The molecule has 4 heterocycles. The first kappa shape index (κ1) is 38.1. The number of aliphatic hydroxyl groups is 1. The summed E-state index contributed by atoms with van der Waals surface area (Å²) in [4.78, 5) is 70.2. The molecular formula is C38H44FN5O8. The molecule has 4 N–H and O–H groups in total. The number of terminal acetylenes is 1. The predicted molar refractivity (Wildman–Crippen MR) is 190 cm³/mol. The van der Waals surface area contributed by atoms with Crippen molar-refractivity contribution in [3.8, 4) is 23.7 Å². The van der Waals surface area contributed by atoms with E-state index in [0.717, 1.165) is 6.07 Å². The quantitative estimate of drug-likeness (QED) is 0.134. The van der Waals surface area contributed by atoms with Crippen molar-refractivity contribution >= 4 is 40.3 Å². The summed E-state index contributed by atoms with van der Waals surface area (Å²) in [5, 5.41) is 19.4. The number of rotatable bonds is 11. The number of hydrogen-bond acceptors (Lipinski definition) is 9. The minimum Gasteiger partial charge on any atom is -0.458 e. The highest BCUT2D eigenvalue weighted by molar-refractivity contribution is 6.00. The maximum Gasteiger partial charge on any atom is 0.343 e. The van der Waals surface area contributed by atoms with Gasteiger partial charge in [0.1, 0.15) is 30.1 Å². The van der Waals surface area contributed by atoms with Crippen LogP contribution in [0.3, 0.4) is 0 Å². The zero-order valence-electron chi connectivity index (χ0n) is 30.5. The van der Waals surface area contributed by atoms with Gasteiger partial charge in [0.2, 0.25) is 17.7 Å². The van der Waals surface area contributed by atoms with Crippen molar-refractivity contribution in [2.24, 2.45) is 11.3 Å². The molecule has 2 aromatic heterocycles. The Bertz CT molecular complexity index is 2100. The minimum absolute atomic E-state index is 0.00225. The summed E-state index contributed by atoms with van der Waals surface area (Å²) in [6.45, 7) is 13.2. The number of halogens is 1. The van der Waals surface area contributed by atoms with Gasteiger partial charge < -0.3 is 35.1 Å². The van der Waals surface area contributed by atoms with Crippen LogP contribution >= 0.6 is 0 Å². The lowest BCUT2D eigenvalue weighted by molar-refractivity contribution is -0.172. The molecule has 0 bridgehead atoms. The van der Waals surface area contributed by atoms with E-state index in [1.54, 1.807) is 60.6 Å². The number of pyridine rings is 2. The Hall–Kier alpha value is -5.13. The number of anilines is 1. The molecule has 0 radical (unpaired) electrons. The maximum atomic E-state index is 15.4. The average molecular weight is 718 g/mol. The number of carbonyl (C=O) groups excluding carboxylic acids is 4. The van der Waals surface area contributed by atoms with Crippen molar-refractivity contribution in [2.75, 3.05) is 11.9 Å². The van der Waals surface area contributed by atoms with Gasteiger partial charge in [-0.1, -0.05) is 26.7 Å². The van der Waals surface area contributed by atoms with E-state index in [4.69, 9.17) is 15.9 Å². The molecule has 276 valence electrons.